The normalized spacial score (nSPS) is 14.5. The average Bonchev–Trinajstić information content (AvgIpc) is 2.78. The first-order chi connectivity index (χ1) is 15.1. The van der Waals surface area contributed by atoms with E-state index in [2.05, 4.69) is 20.1 Å². The molecule has 1 fully saturated rings. The van der Waals surface area contributed by atoms with E-state index in [1.807, 2.05) is 30.3 Å². The number of aromatic nitrogens is 1. The zero-order valence-corrected chi connectivity index (χ0v) is 19.0. The highest BCUT2D eigenvalue weighted by Gasteiger charge is 2.19. The van der Waals surface area contributed by atoms with Crippen LogP contribution in [0.15, 0.2) is 30.3 Å². The maximum Gasteiger partial charge on any atom is 0.215 e. The molecule has 0 aliphatic carbocycles. The number of amides is 1. The summed E-state index contributed by atoms with van der Waals surface area (Å²) in [6, 6.07) is 9.49. The minimum absolute atomic E-state index is 0.496. The van der Waals surface area contributed by atoms with E-state index in [1.54, 1.807) is 0 Å². The van der Waals surface area contributed by atoms with Gasteiger partial charge < -0.3 is 20.7 Å². The summed E-state index contributed by atoms with van der Waals surface area (Å²) in [4.78, 5) is 19.9. The Morgan fingerprint density at radius 3 is 2.68 bits per heavy atom. The van der Waals surface area contributed by atoms with Gasteiger partial charge in [-0.1, -0.05) is 29.3 Å². The van der Waals surface area contributed by atoms with Crippen molar-refractivity contribution in [2.75, 3.05) is 56.1 Å². The van der Waals surface area contributed by atoms with Crippen molar-refractivity contribution in [3.63, 3.8) is 0 Å². The number of nitrogens with zero attached hydrogens (tertiary/aromatic N) is 3. The fraction of sp³-hybridized carbons (Fsp3) is 0.455. The van der Waals surface area contributed by atoms with Crippen molar-refractivity contribution in [2.45, 2.75) is 19.3 Å². The number of piperazine rings is 1. The van der Waals surface area contributed by atoms with Gasteiger partial charge in [0, 0.05) is 32.2 Å². The first-order valence-corrected chi connectivity index (χ1v) is 11.3. The van der Waals surface area contributed by atoms with Gasteiger partial charge >= 0.3 is 0 Å². The van der Waals surface area contributed by atoms with Crippen molar-refractivity contribution < 1.29 is 9.53 Å². The number of nitrogens with two attached hydrogens (primary N) is 1. The molecule has 168 valence electrons. The molecule has 0 unspecified atom stereocenters. The van der Waals surface area contributed by atoms with E-state index in [9.17, 15) is 4.79 Å². The summed E-state index contributed by atoms with van der Waals surface area (Å²) in [6.45, 7) is 5.96. The molecule has 2 aromatic rings. The highest BCUT2D eigenvalue weighted by Crippen LogP contribution is 2.32. The van der Waals surface area contributed by atoms with Crippen LogP contribution in [0.3, 0.4) is 0 Å². The summed E-state index contributed by atoms with van der Waals surface area (Å²) in [5, 5.41) is 3.84. The third kappa shape index (κ3) is 6.71. The van der Waals surface area contributed by atoms with Crippen molar-refractivity contribution in [2.24, 2.45) is 5.73 Å². The van der Waals surface area contributed by atoms with E-state index in [4.69, 9.17) is 33.7 Å². The smallest absolute Gasteiger partial charge is 0.215 e. The van der Waals surface area contributed by atoms with Crippen molar-refractivity contribution in [3.8, 4) is 5.88 Å². The maximum absolute atomic E-state index is 10.8. The Balaban J connectivity index is 1.37. The van der Waals surface area contributed by atoms with Gasteiger partial charge in [-0.3, -0.25) is 9.69 Å². The van der Waals surface area contributed by atoms with Crippen LogP contribution in [-0.2, 0) is 11.2 Å². The minimum atomic E-state index is 0.496. The molecule has 31 heavy (non-hydrogen) atoms. The van der Waals surface area contributed by atoms with Crippen molar-refractivity contribution in [3.05, 3.63) is 45.9 Å². The molecule has 7 nitrogen and oxygen atoms in total. The van der Waals surface area contributed by atoms with Gasteiger partial charge in [0.1, 0.15) is 5.82 Å². The predicted molar refractivity (Wildman–Crippen MR) is 127 cm³/mol. The minimum Gasteiger partial charge on any atom is -0.478 e. The Kier molecular flexibility index (Phi) is 9.21. The molecule has 1 aliphatic heterocycles. The molecule has 3 rings (SSSR count). The molecule has 0 bridgehead atoms. The maximum atomic E-state index is 10.8. The van der Waals surface area contributed by atoms with Crippen molar-refractivity contribution >= 4 is 41.1 Å². The Bertz CT molecular complexity index is 860. The molecule has 0 saturated carbocycles. The van der Waals surface area contributed by atoms with E-state index in [0.717, 1.165) is 56.8 Å². The molecule has 0 atom stereocenters. The lowest BCUT2D eigenvalue weighted by molar-refractivity contribution is -0.105. The molecule has 1 aliphatic rings. The standard InChI is InChI=1S/C22H29Cl2N5O2/c23-18-4-3-5-19(21(18)24)29-13-11-28(12-14-29)10-1-2-15-31-20-7-6-17(8-9-25)22(27-20)26-16-30/h3-7,16H,1-2,8-15,25H2,(H,26,27,30). The first kappa shape index (κ1) is 23.6. The van der Waals surface area contributed by atoms with Crippen LogP contribution in [0.4, 0.5) is 11.5 Å². The van der Waals surface area contributed by atoms with Gasteiger partial charge in [0.15, 0.2) is 0 Å². The fourth-order valence-electron chi connectivity index (χ4n) is 3.65. The number of hydrogen-bond acceptors (Lipinski definition) is 6. The molecule has 1 amide bonds. The Morgan fingerprint density at radius 1 is 1.13 bits per heavy atom. The molecular weight excluding hydrogens is 437 g/mol. The number of carbonyl (C=O) groups excluding carboxylic acids is 1. The molecule has 9 heteroatoms. The number of rotatable bonds is 11. The van der Waals surface area contributed by atoms with Crippen molar-refractivity contribution in [1.82, 2.24) is 9.88 Å². The van der Waals surface area contributed by atoms with Crippen LogP contribution >= 0.6 is 23.2 Å². The predicted octanol–water partition coefficient (Wildman–Crippen LogP) is 3.44. The number of carbonyl (C=O) groups is 1. The van der Waals surface area contributed by atoms with Crippen LogP contribution in [0.2, 0.25) is 10.0 Å². The van der Waals surface area contributed by atoms with Gasteiger partial charge in [0.05, 0.1) is 22.3 Å². The van der Waals surface area contributed by atoms with Crippen LogP contribution in [0, 0.1) is 0 Å². The summed E-state index contributed by atoms with van der Waals surface area (Å²) in [6.07, 6.45) is 3.25. The van der Waals surface area contributed by atoms with Crippen LogP contribution < -0.4 is 20.7 Å². The van der Waals surface area contributed by atoms with Gasteiger partial charge in [-0.25, -0.2) is 0 Å². The molecule has 3 N–H and O–H groups in total. The number of benzene rings is 1. The van der Waals surface area contributed by atoms with Gasteiger partial charge in [0.2, 0.25) is 12.3 Å². The Morgan fingerprint density at radius 2 is 1.94 bits per heavy atom. The third-order valence-corrected chi connectivity index (χ3v) is 6.13. The lowest BCUT2D eigenvalue weighted by atomic mass is 10.2. The Hall–Kier alpha value is -2.06. The highest BCUT2D eigenvalue weighted by atomic mass is 35.5. The van der Waals surface area contributed by atoms with Crippen LogP contribution in [-0.4, -0.2) is 62.2 Å². The number of pyridine rings is 1. The van der Waals surface area contributed by atoms with Gasteiger partial charge in [-0.15, -0.1) is 0 Å². The molecule has 1 aromatic carbocycles. The Labute approximate surface area is 193 Å². The van der Waals surface area contributed by atoms with Crippen LogP contribution in [0.1, 0.15) is 18.4 Å². The zero-order valence-electron chi connectivity index (χ0n) is 17.5. The topological polar surface area (TPSA) is 83.7 Å². The second kappa shape index (κ2) is 12.1. The second-order valence-electron chi connectivity index (χ2n) is 7.42. The van der Waals surface area contributed by atoms with E-state index in [1.165, 1.54) is 0 Å². The highest BCUT2D eigenvalue weighted by molar-refractivity contribution is 6.43. The van der Waals surface area contributed by atoms with E-state index in [-0.39, 0.29) is 0 Å². The number of unbranched alkanes of at least 4 members (excludes halogenated alkanes) is 1. The number of ether oxygens (including phenoxy) is 1. The number of halogens is 2. The number of nitrogens with one attached hydrogen (secondary N) is 1. The first-order valence-electron chi connectivity index (χ1n) is 10.6. The van der Waals surface area contributed by atoms with Crippen LogP contribution in [0.5, 0.6) is 5.88 Å². The largest absolute Gasteiger partial charge is 0.478 e. The molecule has 0 radical (unpaired) electrons. The number of hydrogen-bond donors (Lipinski definition) is 2. The molecule has 0 spiro atoms. The van der Waals surface area contributed by atoms with Crippen LogP contribution in [0.25, 0.3) is 0 Å². The fourth-order valence-corrected chi connectivity index (χ4v) is 4.07. The lowest BCUT2D eigenvalue weighted by Gasteiger charge is -2.36. The van der Waals surface area contributed by atoms with Gasteiger partial charge in [-0.2, -0.15) is 4.98 Å². The zero-order chi connectivity index (χ0) is 22.1. The monoisotopic (exact) mass is 465 g/mol. The van der Waals surface area contributed by atoms with E-state index >= 15 is 0 Å². The molecule has 1 saturated heterocycles. The summed E-state index contributed by atoms with van der Waals surface area (Å²) in [7, 11) is 0. The summed E-state index contributed by atoms with van der Waals surface area (Å²) in [5.41, 5.74) is 7.51. The quantitative estimate of drug-likeness (QED) is 0.390. The lowest BCUT2D eigenvalue weighted by Crippen LogP contribution is -2.46. The SMILES string of the molecule is NCCc1ccc(OCCCCN2CCN(c3cccc(Cl)c3Cl)CC2)nc1NC=O. The molecular formula is C22H29Cl2N5O2. The van der Waals surface area contributed by atoms with E-state index in [0.29, 0.717) is 47.7 Å². The summed E-state index contributed by atoms with van der Waals surface area (Å²) >= 11 is 12.5. The van der Waals surface area contributed by atoms with Gasteiger partial charge in [-0.05, 0) is 56.1 Å². The van der Waals surface area contributed by atoms with Crippen molar-refractivity contribution in [1.29, 1.82) is 0 Å². The summed E-state index contributed by atoms with van der Waals surface area (Å²) in [5.74, 6) is 1.02. The third-order valence-electron chi connectivity index (χ3n) is 5.33. The molecule has 1 aromatic heterocycles. The van der Waals surface area contributed by atoms with E-state index < -0.39 is 0 Å². The number of anilines is 2. The van der Waals surface area contributed by atoms with Gasteiger partial charge in [0.25, 0.3) is 0 Å². The summed E-state index contributed by atoms with van der Waals surface area (Å²) < 4.78 is 5.76. The second-order valence-corrected chi connectivity index (χ2v) is 8.20. The average molecular weight is 466 g/mol. The molecule has 2 heterocycles.